The number of carboxylic acid groups (broad SMARTS) is 1. The third-order valence-corrected chi connectivity index (χ3v) is 15.3. The molecule has 21 heteroatoms. The number of para-hydroxylation sites is 2. The van der Waals surface area contributed by atoms with Gasteiger partial charge in [0.25, 0.3) is 11.1 Å². The Hall–Kier alpha value is -6.09. The van der Waals surface area contributed by atoms with Crippen LogP contribution in [0.15, 0.2) is 70.3 Å². The lowest BCUT2D eigenvalue weighted by Gasteiger charge is -2.40. The van der Waals surface area contributed by atoms with Crippen LogP contribution in [-0.4, -0.2) is 112 Å². The Bertz CT molecular complexity index is 3130. The number of alkyl halides is 6. The zero-order valence-electron chi connectivity index (χ0n) is 44.5. The van der Waals surface area contributed by atoms with Crippen molar-refractivity contribution in [2.24, 2.45) is 17.6 Å². The van der Waals surface area contributed by atoms with Gasteiger partial charge < -0.3 is 39.4 Å². The summed E-state index contributed by atoms with van der Waals surface area (Å²) in [5.41, 5.74) is 11.0. The van der Waals surface area contributed by atoms with Crippen molar-refractivity contribution < 1.29 is 50.5 Å². The standard InChI is InChI=1S/C28H34F3N3O3.C19H23F3N2O2.C8H12N2O2.ClH/c1-16-14-24(37-5)21(27(36)32-16)10-11-23(35)26-18(3)34(22-9-7-6-8-20(22)26)17(2)19-12-13-33(4)25(15-19)28(29,30)31;1-11(13-8-9-23(3)16(10-13)19(20,21)22)24-12(2)17(18(25)26)14-6-4-5-7-15(14)24;1-5-3-7(12-2)6(4-9)8(11)10-5;/h6-9,14,17,19,25H,10-13,15H2,1-5H3,(H,32,36);4-7,11,13,16H,8-10H2,1-3H3,(H,25,26);3H,4,9H2,1-2H3,(H,10,11);1H. The summed E-state index contributed by atoms with van der Waals surface area (Å²) in [6, 6.07) is 14.8. The number of benzene rings is 2. The van der Waals surface area contributed by atoms with Crippen molar-refractivity contribution in [1.82, 2.24) is 28.9 Å². The highest BCUT2D eigenvalue weighted by Crippen LogP contribution is 2.43. The second-order valence-corrected chi connectivity index (χ2v) is 19.9. The van der Waals surface area contributed by atoms with Crippen LogP contribution >= 0.6 is 12.4 Å². The van der Waals surface area contributed by atoms with Crippen LogP contribution in [-0.2, 0) is 13.0 Å². The van der Waals surface area contributed by atoms with Gasteiger partial charge in [0, 0.05) is 75.2 Å². The van der Waals surface area contributed by atoms with Crippen LogP contribution in [0.2, 0.25) is 0 Å². The number of methoxy groups -OCH3 is 2. The number of aromatic nitrogens is 4. The van der Waals surface area contributed by atoms with Crippen molar-refractivity contribution in [3.63, 3.8) is 0 Å². The predicted octanol–water partition coefficient (Wildman–Crippen LogP) is 10.7. The molecule has 4 aromatic heterocycles. The number of nitrogens with two attached hydrogens (primary N) is 1. The molecule has 0 aliphatic carbocycles. The van der Waals surface area contributed by atoms with E-state index in [9.17, 15) is 50.6 Å². The van der Waals surface area contributed by atoms with E-state index in [4.69, 9.17) is 15.2 Å². The number of fused-ring (bicyclic) bond motifs is 2. The summed E-state index contributed by atoms with van der Waals surface area (Å²) < 4.78 is 95.4. The predicted molar refractivity (Wildman–Crippen MR) is 285 cm³/mol. The highest BCUT2D eigenvalue weighted by atomic mass is 35.5. The molecule has 2 saturated heterocycles. The van der Waals surface area contributed by atoms with Crippen LogP contribution in [0.4, 0.5) is 26.3 Å². The monoisotopic (exact) mass is 1090 g/mol. The number of pyridine rings is 2. The number of halogens is 7. The first-order valence-corrected chi connectivity index (χ1v) is 25.0. The number of carbonyl (C=O) groups excluding carboxylic acids is 1. The highest BCUT2D eigenvalue weighted by Gasteiger charge is 2.48. The third kappa shape index (κ3) is 13.0. The molecule has 0 saturated carbocycles. The summed E-state index contributed by atoms with van der Waals surface area (Å²) >= 11 is 0. The van der Waals surface area contributed by atoms with E-state index in [0.717, 1.165) is 27.8 Å². The summed E-state index contributed by atoms with van der Waals surface area (Å²) in [5, 5.41) is 11.0. The number of aromatic carboxylic acids is 1. The van der Waals surface area contributed by atoms with Gasteiger partial charge in [-0.05, 0) is 137 Å². The van der Waals surface area contributed by atoms with Gasteiger partial charge in [0.1, 0.15) is 23.6 Å². The summed E-state index contributed by atoms with van der Waals surface area (Å²) in [4.78, 5) is 57.2. The van der Waals surface area contributed by atoms with Gasteiger partial charge in [-0.15, -0.1) is 12.4 Å². The number of Topliss-reactive ketones (excluding diaryl/α,β-unsaturated/α-hetero) is 1. The number of carbonyl (C=O) groups is 2. The Morgan fingerprint density at radius 1 is 0.697 bits per heavy atom. The maximum absolute atomic E-state index is 13.7. The number of nitrogens with one attached hydrogen (secondary N) is 2. The van der Waals surface area contributed by atoms with E-state index >= 15 is 0 Å². The molecular weight excluding hydrogens is 1020 g/mol. The van der Waals surface area contributed by atoms with Crippen molar-refractivity contribution in [3.05, 3.63) is 126 Å². The van der Waals surface area contributed by atoms with E-state index < -0.39 is 30.4 Å². The first kappa shape index (κ1) is 60.8. The molecule has 2 aromatic carbocycles. The fourth-order valence-electron chi connectivity index (χ4n) is 11.3. The molecule has 0 bridgehead atoms. The lowest BCUT2D eigenvalue weighted by Crippen LogP contribution is -2.49. The minimum Gasteiger partial charge on any atom is -0.496 e. The molecule has 6 atom stereocenters. The molecule has 0 amide bonds. The molecule has 6 heterocycles. The third-order valence-electron chi connectivity index (χ3n) is 15.3. The number of hydrogen-bond acceptors (Lipinski definition) is 9. The summed E-state index contributed by atoms with van der Waals surface area (Å²) in [7, 11) is 6.05. The summed E-state index contributed by atoms with van der Waals surface area (Å²) in [6.45, 7) is 11.9. The van der Waals surface area contributed by atoms with Crippen molar-refractivity contribution in [2.75, 3.05) is 41.4 Å². The number of rotatable bonds is 12. The minimum absolute atomic E-state index is 0. The fourth-order valence-corrected chi connectivity index (χ4v) is 11.3. The minimum atomic E-state index is -4.28. The zero-order valence-corrected chi connectivity index (χ0v) is 45.4. The molecule has 2 fully saturated rings. The van der Waals surface area contributed by atoms with Crippen molar-refractivity contribution >= 4 is 46.0 Å². The molecule has 6 unspecified atom stereocenters. The van der Waals surface area contributed by atoms with E-state index in [1.54, 1.807) is 45.0 Å². The van der Waals surface area contributed by atoms with Gasteiger partial charge in [0.05, 0.1) is 30.9 Å². The van der Waals surface area contributed by atoms with E-state index in [-0.39, 0.29) is 91.0 Å². The smallest absolute Gasteiger partial charge is 0.404 e. The number of hydrogen-bond donors (Lipinski definition) is 4. The van der Waals surface area contributed by atoms with Crippen LogP contribution < -0.4 is 26.3 Å². The van der Waals surface area contributed by atoms with Crippen LogP contribution in [0.1, 0.15) is 113 Å². The lowest BCUT2D eigenvalue weighted by atomic mass is 9.85. The number of aryl methyl sites for hydroxylation is 2. The molecule has 2 aliphatic heterocycles. The fraction of sp³-hybridized carbons (Fsp3) is 0.491. The van der Waals surface area contributed by atoms with Crippen LogP contribution in [0.25, 0.3) is 21.8 Å². The molecule has 416 valence electrons. The maximum Gasteiger partial charge on any atom is 0.404 e. The number of nitrogens with zero attached hydrogens (tertiary/aromatic N) is 4. The number of H-pyrrole nitrogens is 2. The summed E-state index contributed by atoms with van der Waals surface area (Å²) in [6.07, 6.45) is -6.87. The number of piperidine rings is 2. The maximum atomic E-state index is 13.7. The van der Waals surface area contributed by atoms with Crippen molar-refractivity contribution in [1.29, 1.82) is 0 Å². The molecule has 14 nitrogen and oxygen atoms in total. The molecular formula is C55H70ClF6N7O7. The van der Waals surface area contributed by atoms with Gasteiger partial charge in [0.2, 0.25) is 0 Å². The number of ketones is 1. The highest BCUT2D eigenvalue weighted by molar-refractivity contribution is 6.09. The molecule has 0 spiro atoms. The average Bonchev–Trinajstić information content (AvgIpc) is 3.82. The van der Waals surface area contributed by atoms with Crippen LogP contribution in [0.5, 0.6) is 11.5 Å². The topological polar surface area (TPSA) is 181 Å². The van der Waals surface area contributed by atoms with E-state index in [1.165, 1.54) is 38.1 Å². The first-order valence-electron chi connectivity index (χ1n) is 25.0. The summed E-state index contributed by atoms with van der Waals surface area (Å²) in [5.74, 6) is -0.480. The van der Waals surface area contributed by atoms with Crippen LogP contribution in [0, 0.1) is 39.5 Å². The molecule has 8 rings (SSSR count). The largest absolute Gasteiger partial charge is 0.496 e. The Morgan fingerprint density at radius 2 is 1.09 bits per heavy atom. The lowest BCUT2D eigenvalue weighted by molar-refractivity contribution is -0.193. The number of carboxylic acids is 1. The Morgan fingerprint density at radius 3 is 1.50 bits per heavy atom. The normalized spacial score (nSPS) is 19.2. The van der Waals surface area contributed by atoms with Gasteiger partial charge in [0.15, 0.2) is 5.78 Å². The van der Waals surface area contributed by atoms with Gasteiger partial charge in [-0.25, -0.2) is 4.79 Å². The number of aromatic amines is 2. The zero-order chi connectivity index (χ0) is 55.4. The van der Waals surface area contributed by atoms with Gasteiger partial charge >= 0.3 is 18.3 Å². The van der Waals surface area contributed by atoms with Gasteiger partial charge in [-0.2, -0.15) is 26.3 Å². The van der Waals surface area contributed by atoms with Gasteiger partial charge in [-0.1, -0.05) is 36.4 Å². The number of ether oxygens (including phenoxy) is 2. The van der Waals surface area contributed by atoms with E-state index in [0.29, 0.717) is 70.9 Å². The molecule has 76 heavy (non-hydrogen) atoms. The first-order chi connectivity index (χ1) is 35.2. The second-order valence-electron chi connectivity index (χ2n) is 19.9. The molecule has 2 aliphatic rings. The Kier molecular flexibility index (Phi) is 19.9. The Balaban J connectivity index is 0.000000236. The van der Waals surface area contributed by atoms with Crippen molar-refractivity contribution in [2.45, 2.75) is 123 Å². The van der Waals surface area contributed by atoms with E-state index in [1.807, 2.05) is 66.3 Å². The quantitative estimate of drug-likeness (QED) is 0.0680. The van der Waals surface area contributed by atoms with Crippen LogP contribution in [0.3, 0.4) is 0 Å². The Labute approximate surface area is 444 Å². The number of likely N-dealkylation sites (tertiary alicyclic amines) is 2. The SMILES string of the molecule is COc1cc(C)[nH]c(=O)c1CCC(=O)c1c(C)n(C(C)C2CCN(C)C(C(F)(F)F)C2)c2ccccc12.COc1cc(C)[nH]c(=O)c1CN.Cc1c(C(=O)O)c2ccccc2n1C(C)C1CCN(C)C(C(F)(F)F)C1.Cl. The molecule has 5 N–H and O–H groups in total. The molecule has 0 radical (unpaired) electrons. The van der Waals surface area contributed by atoms with E-state index in [2.05, 4.69) is 9.97 Å². The average molecular weight is 1090 g/mol. The van der Waals surface area contributed by atoms with Gasteiger partial charge in [-0.3, -0.25) is 24.2 Å². The second kappa shape index (κ2) is 24.9. The molecule has 6 aromatic rings. The van der Waals surface area contributed by atoms with Crippen molar-refractivity contribution in [3.8, 4) is 11.5 Å².